The molecule has 114 valence electrons. The average molecular weight is 272 g/mol. The van der Waals surface area contributed by atoms with Gasteiger partial charge in [-0.1, -0.05) is 6.92 Å². The average Bonchev–Trinajstić information content (AvgIpc) is 2.28. The van der Waals surface area contributed by atoms with Gasteiger partial charge in [0.1, 0.15) is 0 Å². The molecule has 1 atom stereocenters. The topological polar surface area (TPSA) is 61.6 Å². The van der Waals surface area contributed by atoms with Crippen molar-refractivity contribution in [2.75, 3.05) is 47.3 Å². The van der Waals surface area contributed by atoms with Crippen LogP contribution in [0.2, 0.25) is 0 Å². The van der Waals surface area contributed by atoms with Crippen LogP contribution in [-0.2, 0) is 4.79 Å². The molecular weight excluding hydrogens is 240 g/mol. The van der Waals surface area contributed by atoms with E-state index in [1.807, 2.05) is 13.8 Å². The number of carbonyl (C=O) groups excluding carboxylic acids is 1. The molecule has 0 aromatic carbocycles. The lowest BCUT2D eigenvalue weighted by molar-refractivity contribution is -0.124. The summed E-state index contributed by atoms with van der Waals surface area (Å²) in [6.45, 7) is 7.85. The fourth-order valence-electron chi connectivity index (χ4n) is 2.16. The zero-order valence-corrected chi connectivity index (χ0v) is 13.3. The van der Waals surface area contributed by atoms with Crippen molar-refractivity contribution in [3.63, 3.8) is 0 Å². The number of nitrogens with two attached hydrogens (primary N) is 1. The summed E-state index contributed by atoms with van der Waals surface area (Å²) in [5.41, 5.74) is 4.90. The van der Waals surface area contributed by atoms with Crippen molar-refractivity contribution in [2.24, 2.45) is 5.73 Å². The summed E-state index contributed by atoms with van der Waals surface area (Å²) in [4.78, 5) is 16.0. The molecular formula is C14H32N4O. The summed E-state index contributed by atoms with van der Waals surface area (Å²) < 4.78 is 0. The normalized spacial score (nSPS) is 14.9. The molecule has 1 unspecified atom stereocenters. The van der Waals surface area contributed by atoms with E-state index in [0.29, 0.717) is 0 Å². The molecule has 0 fully saturated rings. The van der Waals surface area contributed by atoms with Gasteiger partial charge in [0.15, 0.2) is 0 Å². The van der Waals surface area contributed by atoms with Crippen LogP contribution < -0.4 is 11.1 Å². The first-order chi connectivity index (χ1) is 8.81. The molecule has 0 aromatic heterocycles. The fourth-order valence-corrected chi connectivity index (χ4v) is 2.16. The van der Waals surface area contributed by atoms with Crippen molar-refractivity contribution >= 4 is 5.91 Å². The van der Waals surface area contributed by atoms with E-state index in [9.17, 15) is 4.79 Å². The van der Waals surface area contributed by atoms with Crippen molar-refractivity contribution in [1.29, 1.82) is 0 Å². The summed E-state index contributed by atoms with van der Waals surface area (Å²) in [7, 11) is 6.31. The molecule has 0 aliphatic carbocycles. The molecule has 0 rings (SSSR count). The van der Waals surface area contributed by atoms with Crippen LogP contribution in [0.15, 0.2) is 0 Å². The Morgan fingerprint density at radius 1 is 1.16 bits per heavy atom. The number of rotatable bonds is 11. The van der Waals surface area contributed by atoms with Crippen LogP contribution in [0, 0.1) is 0 Å². The third-order valence-corrected chi connectivity index (χ3v) is 3.47. The molecule has 3 N–H and O–H groups in total. The molecule has 0 aliphatic heterocycles. The smallest absolute Gasteiger partial charge is 0.237 e. The highest BCUT2D eigenvalue weighted by Crippen LogP contribution is 2.12. The highest BCUT2D eigenvalue weighted by Gasteiger charge is 2.29. The second-order valence-electron chi connectivity index (χ2n) is 5.79. The first-order valence-electron chi connectivity index (χ1n) is 7.20. The van der Waals surface area contributed by atoms with Crippen LogP contribution in [0.25, 0.3) is 0 Å². The van der Waals surface area contributed by atoms with Gasteiger partial charge in [0, 0.05) is 0 Å². The predicted octanol–water partition coefficient (Wildman–Crippen LogP) is 0.504. The molecule has 0 aliphatic rings. The maximum Gasteiger partial charge on any atom is 0.237 e. The van der Waals surface area contributed by atoms with E-state index in [-0.39, 0.29) is 5.91 Å². The summed E-state index contributed by atoms with van der Waals surface area (Å²) >= 11 is 0. The minimum Gasteiger partial charge on any atom is -0.368 e. The van der Waals surface area contributed by atoms with Gasteiger partial charge in [0.2, 0.25) is 5.91 Å². The van der Waals surface area contributed by atoms with Crippen molar-refractivity contribution in [3.05, 3.63) is 0 Å². The monoisotopic (exact) mass is 272 g/mol. The molecule has 0 heterocycles. The Balaban J connectivity index is 3.89. The van der Waals surface area contributed by atoms with E-state index >= 15 is 0 Å². The lowest BCUT2D eigenvalue weighted by Gasteiger charge is -2.28. The van der Waals surface area contributed by atoms with Gasteiger partial charge in [0.05, 0.1) is 5.54 Å². The van der Waals surface area contributed by atoms with Crippen molar-refractivity contribution in [2.45, 2.75) is 38.6 Å². The Morgan fingerprint density at radius 2 is 1.74 bits per heavy atom. The van der Waals surface area contributed by atoms with Crippen LogP contribution >= 0.6 is 0 Å². The van der Waals surface area contributed by atoms with Crippen LogP contribution in [0.4, 0.5) is 0 Å². The number of likely N-dealkylation sites (N-methyl/N-ethyl adjacent to an activating group) is 1. The molecule has 1 amide bonds. The van der Waals surface area contributed by atoms with Gasteiger partial charge < -0.3 is 20.9 Å². The van der Waals surface area contributed by atoms with Gasteiger partial charge in [-0.25, -0.2) is 0 Å². The van der Waals surface area contributed by atoms with E-state index in [0.717, 1.165) is 39.0 Å². The van der Waals surface area contributed by atoms with Gasteiger partial charge in [-0.3, -0.25) is 4.79 Å². The minimum atomic E-state index is -0.570. The number of amides is 1. The van der Waals surface area contributed by atoms with E-state index in [1.165, 1.54) is 6.42 Å². The molecule has 0 saturated heterocycles. The molecule has 0 spiro atoms. The summed E-state index contributed by atoms with van der Waals surface area (Å²) in [5.74, 6) is -0.260. The molecule has 5 nitrogen and oxygen atoms in total. The van der Waals surface area contributed by atoms with Gasteiger partial charge in [-0.05, 0) is 73.5 Å². The highest BCUT2D eigenvalue weighted by atomic mass is 16.1. The quantitative estimate of drug-likeness (QED) is 0.575. The largest absolute Gasteiger partial charge is 0.368 e. The number of nitrogens with zero attached hydrogens (tertiary/aromatic N) is 2. The molecule has 0 saturated carbocycles. The van der Waals surface area contributed by atoms with Gasteiger partial charge in [0.25, 0.3) is 0 Å². The Hall–Kier alpha value is -0.650. The van der Waals surface area contributed by atoms with Crippen molar-refractivity contribution in [3.8, 4) is 0 Å². The van der Waals surface area contributed by atoms with Crippen molar-refractivity contribution in [1.82, 2.24) is 15.1 Å². The Kier molecular flexibility index (Phi) is 8.97. The first kappa shape index (κ1) is 18.4. The highest BCUT2D eigenvalue weighted by molar-refractivity contribution is 5.84. The second-order valence-corrected chi connectivity index (χ2v) is 5.79. The third kappa shape index (κ3) is 8.18. The molecule has 0 radical (unpaired) electrons. The van der Waals surface area contributed by atoms with Crippen molar-refractivity contribution < 1.29 is 4.79 Å². The summed E-state index contributed by atoms with van der Waals surface area (Å²) in [6, 6.07) is 0. The third-order valence-electron chi connectivity index (χ3n) is 3.47. The maximum atomic E-state index is 11.5. The number of hydrogen-bond donors (Lipinski definition) is 2. The SMILES string of the molecule is CCNC(C)(CCCN(C)CCCN(C)C)C(N)=O. The Labute approximate surface area is 118 Å². The first-order valence-corrected chi connectivity index (χ1v) is 7.20. The predicted molar refractivity (Wildman–Crippen MR) is 81.2 cm³/mol. The summed E-state index contributed by atoms with van der Waals surface area (Å²) in [6.07, 6.45) is 2.93. The standard InChI is InChI=1S/C14H32N4O/c1-6-16-14(2,13(15)19)9-7-11-18(5)12-8-10-17(3)4/h16H,6-12H2,1-5H3,(H2,15,19). The van der Waals surface area contributed by atoms with E-state index in [1.54, 1.807) is 0 Å². The Morgan fingerprint density at radius 3 is 2.21 bits per heavy atom. The zero-order valence-electron chi connectivity index (χ0n) is 13.3. The number of nitrogens with one attached hydrogen (secondary N) is 1. The molecule has 0 aromatic rings. The van der Waals surface area contributed by atoms with Gasteiger partial charge in [-0.15, -0.1) is 0 Å². The lowest BCUT2D eigenvalue weighted by Crippen LogP contribution is -2.53. The van der Waals surface area contributed by atoms with Crippen LogP contribution in [0.1, 0.15) is 33.1 Å². The second kappa shape index (κ2) is 9.28. The van der Waals surface area contributed by atoms with Crippen LogP contribution in [-0.4, -0.2) is 68.6 Å². The van der Waals surface area contributed by atoms with Gasteiger partial charge in [-0.2, -0.15) is 0 Å². The summed E-state index contributed by atoms with van der Waals surface area (Å²) in [5, 5.41) is 3.19. The zero-order chi connectivity index (χ0) is 14.9. The maximum absolute atomic E-state index is 11.5. The van der Waals surface area contributed by atoms with E-state index in [2.05, 4.69) is 36.3 Å². The fraction of sp³-hybridized carbons (Fsp3) is 0.929. The van der Waals surface area contributed by atoms with Crippen LogP contribution in [0.5, 0.6) is 0 Å². The minimum absolute atomic E-state index is 0.260. The van der Waals surface area contributed by atoms with E-state index < -0.39 is 5.54 Å². The van der Waals surface area contributed by atoms with Gasteiger partial charge >= 0.3 is 0 Å². The number of primary amides is 1. The number of carbonyl (C=O) groups is 1. The molecule has 19 heavy (non-hydrogen) atoms. The number of hydrogen-bond acceptors (Lipinski definition) is 4. The van der Waals surface area contributed by atoms with Crippen LogP contribution in [0.3, 0.4) is 0 Å². The lowest BCUT2D eigenvalue weighted by atomic mass is 9.94. The van der Waals surface area contributed by atoms with E-state index in [4.69, 9.17) is 5.73 Å². The molecule has 5 heteroatoms. The Bertz CT molecular complexity index is 258. The molecule has 0 bridgehead atoms.